The molecule has 0 aromatic heterocycles. The van der Waals surface area contributed by atoms with Crippen LogP contribution < -0.4 is 10.1 Å². The van der Waals surface area contributed by atoms with E-state index < -0.39 is 0 Å². The lowest BCUT2D eigenvalue weighted by Gasteiger charge is -2.11. The van der Waals surface area contributed by atoms with E-state index in [9.17, 15) is 4.79 Å². The van der Waals surface area contributed by atoms with Crippen LogP contribution in [-0.2, 0) is 4.79 Å². The quantitative estimate of drug-likeness (QED) is 0.825. The third kappa shape index (κ3) is 4.78. The van der Waals surface area contributed by atoms with Crippen LogP contribution >= 0.6 is 11.6 Å². The van der Waals surface area contributed by atoms with E-state index in [1.807, 2.05) is 24.3 Å². The van der Waals surface area contributed by atoms with E-state index in [2.05, 4.69) is 19.2 Å². The van der Waals surface area contributed by atoms with E-state index in [1.165, 1.54) is 5.56 Å². The fourth-order valence-electron chi connectivity index (χ4n) is 2.01. The zero-order valence-corrected chi connectivity index (χ0v) is 13.6. The zero-order valence-electron chi connectivity index (χ0n) is 12.8. The summed E-state index contributed by atoms with van der Waals surface area (Å²) in [5, 5.41) is 3.45. The van der Waals surface area contributed by atoms with Crippen molar-refractivity contribution >= 4 is 23.2 Å². The number of carbonyl (C=O) groups is 1. The molecule has 2 rings (SSSR count). The summed E-state index contributed by atoms with van der Waals surface area (Å²) in [5.41, 5.74) is 2.05. The number of rotatable bonds is 6. The van der Waals surface area contributed by atoms with Crippen molar-refractivity contribution in [2.45, 2.75) is 26.2 Å². The molecule has 0 aliphatic carbocycles. The van der Waals surface area contributed by atoms with E-state index in [-0.39, 0.29) is 12.5 Å². The van der Waals surface area contributed by atoms with Crippen LogP contribution in [0.25, 0.3) is 0 Å². The molecule has 0 bridgehead atoms. The molecule has 1 atom stereocenters. The number of amides is 1. The first-order valence-electron chi connectivity index (χ1n) is 7.36. The Hall–Kier alpha value is -2.00. The molecule has 2 aromatic rings. The van der Waals surface area contributed by atoms with Crippen molar-refractivity contribution in [3.05, 3.63) is 59.1 Å². The van der Waals surface area contributed by atoms with Crippen LogP contribution in [-0.4, -0.2) is 12.5 Å². The summed E-state index contributed by atoms with van der Waals surface area (Å²) in [6.45, 7) is 4.32. The van der Waals surface area contributed by atoms with Gasteiger partial charge in [0, 0.05) is 10.7 Å². The molecule has 0 spiro atoms. The topological polar surface area (TPSA) is 38.3 Å². The second-order valence-electron chi connectivity index (χ2n) is 5.22. The second-order valence-corrected chi connectivity index (χ2v) is 5.66. The number of anilines is 1. The fourth-order valence-corrected chi connectivity index (χ4v) is 2.13. The van der Waals surface area contributed by atoms with Gasteiger partial charge in [0.1, 0.15) is 5.75 Å². The third-order valence-corrected chi connectivity index (χ3v) is 3.81. The molecule has 4 heteroatoms. The van der Waals surface area contributed by atoms with Gasteiger partial charge in [0.25, 0.3) is 5.91 Å². The van der Waals surface area contributed by atoms with Gasteiger partial charge in [0.2, 0.25) is 0 Å². The summed E-state index contributed by atoms with van der Waals surface area (Å²) < 4.78 is 5.40. The number of hydrogen-bond acceptors (Lipinski definition) is 2. The van der Waals surface area contributed by atoms with E-state index in [4.69, 9.17) is 16.3 Å². The predicted molar refractivity (Wildman–Crippen MR) is 90.7 cm³/mol. The maximum Gasteiger partial charge on any atom is 0.262 e. The van der Waals surface area contributed by atoms with Crippen molar-refractivity contribution in [3.8, 4) is 5.75 Å². The monoisotopic (exact) mass is 317 g/mol. The van der Waals surface area contributed by atoms with Crippen LogP contribution in [0, 0.1) is 0 Å². The normalized spacial score (nSPS) is 11.8. The first-order chi connectivity index (χ1) is 10.6. The van der Waals surface area contributed by atoms with Gasteiger partial charge in [-0.15, -0.1) is 0 Å². The highest BCUT2D eigenvalue weighted by Crippen LogP contribution is 2.20. The summed E-state index contributed by atoms with van der Waals surface area (Å²) in [6.07, 6.45) is 1.10. The molecule has 0 fully saturated rings. The van der Waals surface area contributed by atoms with Crippen molar-refractivity contribution < 1.29 is 9.53 Å². The Labute approximate surface area is 136 Å². The Morgan fingerprint density at radius 3 is 2.36 bits per heavy atom. The summed E-state index contributed by atoms with van der Waals surface area (Å²) in [4.78, 5) is 11.9. The van der Waals surface area contributed by atoms with Crippen molar-refractivity contribution in [1.29, 1.82) is 0 Å². The van der Waals surface area contributed by atoms with E-state index in [0.29, 0.717) is 16.7 Å². The number of nitrogens with one attached hydrogen (secondary N) is 1. The van der Waals surface area contributed by atoms with Gasteiger partial charge < -0.3 is 10.1 Å². The molecule has 3 nitrogen and oxygen atoms in total. The molecule has 116 valence electrons. The molecule has 0 aliphatic rings. The lowest BCUT2D eigenvalue weighted by atomic mass is 9.99. The zero-order chi connectivity index (χ0) is 15.9. The van der Waals surface area contributed by atoms with Crippen molar-refractivity contribution in [3.63, 3.8) is 0 Å². The molecule has 1 amide bonds. The number of hydrogen-bond donors (Lipinski definition) is 1. The van der Waals surface area contributed by atoms with Crippen LogP contribution in [0.1, 0.15) is 31.7 Å². The molecular formula is C18H20ClNO2. The molecule has 1 N–H and O–H groups in total. The molecule has 0 heterocycles. The van der Waals surface area contributed by atoms with Gasteiger partial charge in [-0.2, -0.15) is 0 Å². The molecule has 0 saturated heterocycles. The Bertz CT molecular complexity index is 608. The highest BCUT2D eigenvalue weighted by molar-refractivity contribution is 6.30. The lowest BCUT2D eigenvalue weighted by Crippen LogP contribution is -2.20. The molecular weight excluding hydrogens is 298 g/mol. The fraction of sp³-hybridized carbons (Fsp3) is 0.278. The van der Waals surface area contributed by atoms with E-state index >= 15 is 0 Å². The largest absolute Gasteiger partial charge is 0.484 e. The molecule has 0 aliphatic heterocycles. The lowest BCUT2D eigenvalue weighted by molar-refractivity contribution is -0.118. The minimum atomic E-state index is -0.189. The van der Waals surface area contributed by atoms with Crippen LogP contribution in [0.15, 0.2) is 48.5 Å². The van der Waals surface area contributed by atoms with Gasteiger partial charge in [-0.25, -0.2) is 0 Å². The number of carbonyl (C=O) groups excluding carboxylic acids is 1. The average molecular weight is 318 g/mol. The third-order valence-electron chi connectivity index (χ3n) is 3.56. The summed E-state index contributed by atoms with van der Waals surface area (Å²) in [6, 6.07) is 14.8. The van der Waals surface area contributed by atoms with Gasteiger partial charge in [0.15, 0.2) is 6.61 Å². The van der Waals surface area contributed by atoms with Crippen LogP contribution in [0.5, 0.6) is 5.75 Å². The van der Waals surface area contributed by atoms with Gasteiger partial charge in [0.05, 0.1) is 0 Å². The SMILES string of the molecule is CC[C@@H](C)c1ccc(NC(=O)COc2ccc(Cl)cc2)cc1. The van der Waals surface area contributed by atoms with Crippen LogP contribution in [0.4, 0.5) is 5.69 Å². The Morgan fingerprint density at radius 1 is 1.14 bits per heavy atom. The Balaban J connectivity index is 1.85. The average Bonchev–Trinajstić information content (AvgIpc) is 2.54. The molecule has 0 radical (unpaired) electrons. The van der Waals surface area contributed by atoms with Crippen molar-refractivity contribution in [1.82, 2.24) is 0 Å². The summed E-state index contributed by atoms with van der Waals surface area (Å²) in [5.74, 6) is 0.955. The molecule has 0 saturated carbocycles. The van der Waals surface area contributed by atoms with Gasteiger partial charge >= 0.3 is 0 Å². The Morgan fingerprint density at radius 2 is 1.77 bits per heavy atom. The molecule has 0 unspecified atom stereocenters. The van der Waals surface area contributed by atoms with Crippen molar-refractivity contribution in [2.75, 3.05) is 11.9 Å². The maximum atomic E-state index is 11.9. The molecule has 2 aromatic carbocycles. The van der Waals surface area contributed by atoms with E-state index in [0.717, 1.165) is 12.1 Å². The first-order valence-corrected chi connectivity index (χ1v) is 7.74. The van der Waals surface area contributed by atoms with E-state index in [1.54, 1.807) is 24.3 Å². The predicted octanol–water partition coefficient (Wildman–Crippen LogP) is 4.87. The Kier molecular flexibility index (Phi) is 5.84. The highest BCUT2D eigenvalue weighted by Gasteiger charge is 2.06. The van der Waals surface area contributed by atoms with Crippen LogP contribution in [0.3, 0.4) is 0 Å². The summed E-state index contributed by atoms with van der Waals surface area (Å²) >= 11 is 5.79. The standard InChI is InChI=1S/C18H20ClNO2/c1-3-13(2)14-4-8-16(9-5-14)20-18(21)12-22-17-10-6-15(19)7-11-17/h4-11,13H,3,12H2,1-2H3,(H,20,21)/t13-/m1/s1. The van der Waals surface area contributed by atoms with Gasteiger partial charge in [-0.05, 0) is 54.3 Å². The second kappa shape index (κ2) is 7.85. The highest BCUT2D eigenvalue weighted by atomic mass is 35.5. The van der Waals surface area contributed by atoms with Gasteiger partial charge in [-0.1, -0.05) is 37.6 Å². The number of ether oxygens (including phenoxy) is 1. The first kappa shape index (κ1) is 16.4. The minimum absolute atomic E-state index is 0.0330. The molecule has 22 heavy (non-hydrogen) atoms. The number of halogens is 1. The maximum absolute atomic E-state index is 11.9. The number of benzene rings is 2. The van der Waals surface area contributed by atoms with Crippen LogP contribution in [0.2, 0.25) is 5.02 Å². The van der Waals surface area contributed by atoms with Gasteiger partial charge in [-0.3, -0.25) is 4.79 Å². The minimum Gasteiger partial charge on any atom is -0.484 e. The van der Waals surface area contributed by atoms with Crippen molar-refractivity contribution in [2.24, 2.45) is 0 Å². The smallest absolute Gasteiger partial charge is 0.262 e. The summed E-state index contributed by atoms with van der Waals surface area (Å²) in [7, 11) is 0.